The fourth-order valence-corrected chi connectivity index (χ4v) is 4.57. The topological polar surface area (TPSA) is 92.5 Å². The van der Waals surface area contributed by atoms with Gasteiger partial charge in [0.25, 0.3) is 5.91 Å². The summed E-state index contributed by atoms with van der Waals surface area (Å²) in [6.45, 7) is 1.19. The van der Waals surface area contributed by atoms with Crippen LogP contribution in [0.4, 0.5) is 0 Å². The van der Waals surface area contributed by atoms with Gasteiger partial charge in [0.1, 0.15) is 6.04 Å². The van der Waals surface area contributed by atoms with Crippen molar-refractivity contribution in [2.45, 2.75) is 56.0 Å². The Labute approximate surface area is 157 Å². The highest BCUT2D eigenvalue weighted by Crippen LogP contribution is 2.34. The summed E-state index contributed by atoms with van der Waals surface area (Å²) >= 11 is 1.77. The van der Waals surface area contributed by atoms with E-state index in [4.69, 9.17) is 5.73 Å². The van der Waals surface area contributed by atoms with Gasteiger partial charge in [0.15, 0.2) is 0 Å². The molecule has 2 aliphatic heterocycles. The molecule has 0 aliphatic carbocycles. The van der Waals surface area contributed by atoms with E-state index >= 15 is 0 Å². The van der Waals surface area contributed by atoms with Gasteiger partial charge in [-0.15, -0.1) is 11.8 Å². The molecule has 3 rings (SSSR count). The molecule has 0 aromatic heterocycles. The number of rotatable bonds is 8. The lowest BCUT2D eigenvalue weighted by Gasteiger charge is -2.29. The number of hydrogen-bond acceptors (Lipinski definition) is 5. The molecule has 1 unspecified atom stereocenters. The third-order valence-electron chi connectivity index (χ3n) is 4.90. The van der Waals surface area contributed by atoms with Crippen molar-refractivity contribution in [1.29, 1.82) is 0 Å². The predicted molar refractivity (Wildman–Crippen MR) is 101 cm³/mol. The van der Waals surface area contributed by atoms with Gasteiger partial charge in [0.2, 0.25) is 11.8 Å². The Bertz CT molecular complexity index is 707. The van der Waals surface area contributed by atoms with Crippen LogP contribution < -0.4 is 11.1 Å². The lowest BCUT2D eigenvalue weighted by atomic mass is 10.0. The van der Waals surface area contributed by atoms with E-state index in [2.05, 4.69) is 5.32 Å². The van der Waals surface area contributed by atoms with Crippen molar-refractivity contribution >= 4 is 29.5 Å². The summed E-state index contributed by atoms with van der Waals surface area (Å²) in [5.74, 6) is 0.269. The third kappa shape index (κ3) is 4.10. The Morgan fingerprint density at radius 1 is 1.15 bits per heavy atom. The molecule has 0 radical (unpaired) electrons. The van der Waals surface area contributed by atoms with Crippen molar-refractivity contribution in [2.24, 2.45) is 5.73 Å². The van der Waals surface area contributed by atoms with Crippen molar-refractivity contribution in [3.8, 4) is 0 Å². The van der Waals surface area contributed by atoms with Crippen molar-refractivity contribution in [2.75, 3.05) is 12.3 Å². The van der Waals surface area contributed by atoms with Gasteiger partial charge in [-0.3, -0.25) is 19.7 Å². The van der Waals surface area contributed by atoms with Gasteiger partial charge < -0.3 is 10.6 Å². The summed E-state index contributed by atoms with van der Waals surface area (Å²) in [6.07, 6.45) is 5.20. The second-order valence-electron chi connectivity index (χ2n) is 6.73. The van der Waals surface area contributed by atoms with Gasteiger partial charge >= 0.3 is 0 Å². The second kappa shape index (κ2) is 8.68. The minimum absolute atomic E-state index is 0.111. The van der Waals surface area contributed by atoms with E-state index in [-0.39, 0.29) is 24.1 Å². The van der Waals surface area contributed by atoms with E-state index in [9.17, 15) is 14.4 Å². The van der Waals surface area contributed by atoms with Crippen molar-refractivity contribution in [1.82, 2.24) is 10.2 Å². The number of amides is 3. The van der Waals surface area contributed by atoms with Crippen LogP contribution >= 0.6 is 11.8 Å². The number of nitrogens with one attached hydrogen (secondary N) is 1. The molecule has 7 heteroatoms. The van der Waals surface area contributed by atoms with Crippen LogP contribution in [-0.4, -0.2) is 41.0 Å². The standard InChI is InChI=1S/C19H25N3O3S/c20-10-3-1-2-4-11-26-16-7-5-6-13-14(16)12-22(19(13)25)15-8-9-17(23)21-18(15)24/h5-7,15H,1-4,8-12,20H2,(H,21,23,24). The molecule has 1 aromatic carbocycles. The number of unbranched alkanes of at least 4 members (excludes halogenated alkanes) is 3. The smallest absolute Gasteiger partial charge is 0.255 e. The van der Waals surface area contributed by atoms with Crippen LogP contribution in [0.15, 0.2) is 23.1 Å². The first-order valence-corrected chi connectivity index (χ1v) is 10.2. The maximum atomic E-state index is 12.8. The van der Waals surface area contributed by atoms with Crippen LogP contribution in [-0.2, 0) is 16.1 Å². The summed E-state index contributed by atoms with van der Waals surface area (Å²) in [7, 11) is 0. The molecule has 0 saturated carbocycles. The van der Waals surface area contributed by atoms with E-state index < -0.39 is 6.04 Å². The van der Waals surface area contributed by atoms with Crippen LogP contribution in [0.2, 0.25) is 0 Å². The number of carbonyl (C=O) groups excluding carboxylic acids is 3. The average molecular weight is 375 g/mol. The minimum atomic E-state index is -0.554. The monoisotopic (exact) mass is 375 g/mol. The Balaban J connectivity index is 1.64. The maximum Gasteiger partial charge on any atom is 0.255 e. The zero-order valence-corrected chi connectivity index (χ0v) is 15.6. The van der Waals surface area contributed by atoms with Crippen molar-refractivity contribution < 1.29 is 14.4 Å². The molecule has 0 spiro atoms. The summed E-state index contributed by atoms with van der Waals surface area (Å²) in [5.41, 5.74) is 7.20. The Morgan fingerprint density at radius 3 is 2.73 bits per heavy atom. The van der Waals surface area contributed by atoms with Gasteiger partial charge in [-0.05, 0) is 49.3 Å². The number of thioether (sulfide) groups is 1. The SMILES string of the molecule is NCCCCCCSc1cccc2c1CN(C1CCC(=O)NC1=O)C2=O. The summed E-state index contributed by atoms with van der Waals surface area (Å²) in [6, 6.07) is 5.22. The van der Waals surface area contributed by atoms with E-state index in [1.165, 1.54) is 6.42 Å². The average Bonchev–Trinajstić information content (AvgIpc) is 2.96. The fraction of sp³-hybridized carbons (Fsp3) is 0.526. The molecule has 1 fully saturated rings. The normalized spacial score (nSPS) is 19.7. The molecule has 140 valence electrons. The van der Waals surface area contributed by atoms with Gasteiger partial charge in [-0.2, -0.15) is 0 Å². The molecule has 0 bridgehead atoms. The molecule has 3 N–H and O–H groups in total. The number of hydrogen-bond donors (Lipinski definition) is 2. The maximum absolute atomic E-state index is 12.8. The van der Waals surface area contributed by atoms with Crippen LogP contribution in [0.25, 0.3) is 0 Å². The molecule has 6 nitrogen and oxygen atoms in total. The fourth-order valence-electron chi connectivity index (χ4n) is 3.47. The van der Waals surface area contributed by atoms with Gasteiger partial charge in [-0.25, -0.2) is 0 Å². The lowest BCUT2D eigenvalue weighted by molar-refractivity contribution is -0.136. The molecule has 3 amide bonds. The largest absolute Gasteiger partial charge is 0.330 e. The number of nitrogens with zero attached hydrogens (tertiary/aromatic N) is 1. The van der Waals surface area contributed by atoms with Crippen LogP contribution in [0.5, 0.6) is 0 Å². The number of benzene rings is 1. The zero-order valence-electron chi connectivity index (χ0n) is 14.8. The van der Waals surface area contributed by atoms with E-state index in [1.807, 2.05) is 18.2 Å². The zero-order chi connectivity index (χ0) is 18.5. The molecule has 2 aliphatic rings. The second-order valence-corrected chi connectivity index (χ2v) is 7.87. The first-order chi connectivity index (χ1) is 12.6. The van der Waals surface area contributed by atoms with Crippen LogP contribution in [0.1, 0.15) is 54.4 Å². The van der Waals surface area contributed by atoms with E-state index in [0.29, 0.717) is 18.5 Å². The van der Waals surface area contributed by atoms with Crippen molar-refractivity contribution in [3.63, 3.8) is 0 Å². The Morgan fingerprint density at radius 2 is 1.96 bits per heavy atom. The molecule has 2 heterocycles. The molecule has 1 aromatic rings. The quantitative estimate of drug-likeness (QED) is 0.412. The Hall–Kier alpha value is -1.86. The highest BCUT2D eigenvalue weighted by atomic mass is 32.2. The number of piperidine rings is 1. The number of imide groups is 1. The molecule has 1 saturated heterocycles. The third-order valence-corrected chi connectivity index (χ3v) is 6.08. The first-order valence-electron chi connectivity index (χ1n) is 9.21. The van der Waals surface area contributed by atoms with Gasteiger partial charge in [-0.1, -0.05) is 18.9 Å². The lowest BCUT2D eigenvalue weighted by Crippen LogP contribution is -2.52. The number of fused-ring (bicyclic) bond motifs is 1. The highest BCUT2D eigenvalue weighted by Gasteiger charge is 2.39. The molecular formula is C19H25N3O3S. The number of nitrogens with two attached hydrogens (primary N) is 1. The first kappa shape index (κ1) is 18.9. The van der Waals surface area contributed by atoms with Crippen LogP contribution in [0, 0.1) is 0 Å². The van der Waals surface area contributed by atoms with Crippen molar-refractivity contribution in [3.05, 3.63) is 29.3 Å². The predicted octanol–water partition coefficient (Wildman–Crippen LogP) is 2.06. The molecule has 26 heavy (non-hydrogen) atoms. The summed E-state index contributed by atoms with van der Waals surface area (Å²) < 4.78 is 0. The van der Waals surface area contributed by atoms with E-state index in [1.54, 1.807) is 16.7 Å². The Kier molecular flexibility index (Phi) is 6.32. The highest BCUT2D eigenvalue weighted by molar-refractivity contribution is 7.99. The van der Waals surface area contributed by atoms with Gasteiger partial charge in [0.05, 0.1) is 0 Å². The summed E-state index contributed by atoms with van der Waals surface area (Å²) in [4.78, 5) is 39.0. The summed E-state index contributed by atoms with van der Waals surface area (Å²) in [5, 5.41) is 2.34. The van der Waals surface area contributed by atoms with Gasteiger partial charge in [0, 0.05) is 23.4 Å². The molecular weight excluding hydrogens is 350 g/mol. The minimum Gasteiger partial charge on any atom is -0.330 e. The number of carbonyl (C=O) groups is 3. The molecule has 1 atom stereocenters. The van der Waals surface area contributed by atoms with Crippen LogP contribution in [0.3, 0.4) is 0 Å². The van der Waals surface area contributed by atoms with E-state index in [0.717, 1.165) is 42.0 Å².